The van der Waals surface area contributed by atoms with Crippen molar-refractivity contribution >= 4 is 0 Å². The Labute approximate surface area is 95.9 Å². The summed E-state index contributed by atoms with van der Waals surface area (Å²) < 4.78 is 0. The molecule has 4 nitrogen and oxygen atoms in total. The van der Waals surface area contributed by atoms with Gasteiger partial charge in [0.1, 0.15) is 0 Å². The SMILES string of the molecule is CCCC[O-].CCCC[O-].[OH-].[OH-].[Ti+4]. The second-order valence-electron chi connectivity index (χ2n) is 2.12. The average Bonchev–Trinajstić information content (AvgIpc) is 1.93. The van der Waals surface area contributed by atoms with E-state index in [4.69, 9.17) is 0 Å². The third kappa shape index (κ3) is 67.4. The summed E-state index contributed by atoms with van der Waals surface area (Å²) in [5, 5.41) is 19.1. The second-order valence-corrected chi connectivity index (χ2v) is 2.12. The molecule has 0 aromatic carbocycles. The molecule has 0 heterocycles. The maximum absolute atomic E-state index is 9.53. The van der Waals surface area contributed by atoms with Gasteiger partial charge in [-0.05, 0) is 0 Å². The van der Waals surface area contributed by atoms with Crippen LogP contribution in [0.5, 0.6) is 0 Å². The van der Waals surface area contributed by atoms with Gasteiger partial charge in [-0.2, -0.15) is 0 Å². The van der Waals surface area contributed by atoms with Crippen LogP contribution in [0.3, 0.4) is 0 Å². The van der Waals surface area contributed by atoms with E-state index in [-0.39, 0.29) is 45.9 Å². The van der Waals surface area contributed by atoms with Gasteiger partial charge in [-0.15, -0.1) is 13.2 Å². The molecule has 0 saturated heterocycles. The van der Waals surface area contributed by atoms with Crippen LogP contribution in [0.1, 0.15) is 39.5 Å². The molecule has 13 heavy (non-hydrogen) atoms. The first-order valence-electron chi connectivity index (χ1n) is 3.99. The van der Waals surface area contributed by atoms with Crippen LogP contribution < -0.4 is 10.2 Å². The Balaban J connectivity index is -0.0000000267. The molecule has 0 saturated carbocycles. The van der Waals surface area contributed by atoms with E-state index in [9.17, 15) is 10.2 Å². The molecule has 0 aliphatic carbocycles. The fraction of sp³-hybridized carbons (Fsp3) is 1.00. The Kier molecular flexibility index (Phi) is 87.6. The summed E-state index contributed by atoms with van der Waals surface area (Å²) in [7, 11) is 0. The third-order valence-electron chi connectivity index (χ3n) is 0.996. The van der Waals surface area contributed by atoms with Gasteiger partial charge in [0.05, 0.1) is 0 Å². The molecule has 0 aromatic rings. The molecule has 0 aliphatic heterocycles. The monoisotopic (exact) mass is 228 g/mol. The van der Waals surface area contributed by atoms with E-state index < -0.39 is 0 Å². The Morgan fingerprint density at radius 3 is 1.00 bits per heavy atom. The molecule has 2 N–H and O–H groups in total. The van der Waals surface area contributed by atoms with Crippen LogP contribution in [-0.2, 0) is 21.7 Å². The van der Waals surface area contributed by atoms with E-state index in [2.05, 4.69) is 0 Å². The largest absolute Gasteiger partial charge is 4.00 e. The smallest absolute Gasteiger partial charge is 0.870 e. The predicted octanol–water partition coefficient (Wildman–Crippen LogP) is -0.0625. The summed E-state index contributed by atoms with van der Waals surface area (Å²) in [6.45, 7) is 4.21. The summed E-state index contributed by atoms with van der Waals surface area (Å²) in [4.78, 5) is 0. The number of hydrogen-bond donors (Lipinski definition) is 0. The summed E-state index contributed by atoms with van der Waals surface area (Å²) in [6.07, 6.45) is 3.73. The van der Waals surface area contributed by atoms with Crippen LogP contribution >= 0.6 is 0 Å². The van der Waals surface area contributed by atoms with Crippen molar-refractivity contribution in [3.05, 3.63) is 0 Å². The molecular weight excluding hydrogens is 208 g/mol. The van der Waals surface area contributed by atoms with E-state index in [0.717, 1.165) is 25.7 Å². The Bertz CT molecular complexity index is 37.1. The predicted molar refractivity (Wildman–Crippen MR) is 43.4 cm³/mol. The van der Waals surface area contributed by atoms with Gasteiger partial charge >= 0.3 is 21.7 Å². The minimum atomic E-state index is 0. The summed E-state index contributed by atoms with van der Waals surface area (Å²) >= 11 is 0. The molecule has 0 amide bonds. The van der Waals surface area contributed by atoms with E-state index in [1.165, 1.54) is 0 Å². The van der Waals surface area contributed by atoms with E-state index in [1.807, 2.05) is 13.8 Å². The average molecular weight is 228 g/mol. The molecule has 0 rings (SSSR count). The first kappa shape index (κ1) is 29.2. The van der Waals surface area contributed by atoms with Crippen LogP contribution in [-0.4, -0.2) is 24.2 Å². The Morgan fingerprint density at radius 1 is 0.769 bits per heavy atom. The van der Waals surface area contributed by atoms with E-state index >= 15 is 0 Å². The summed E-state index contributed by atoms with van der Waals surface area (Å²) in [6, 6.07) is 0. The van der Waals surface area contributed by atoms with Crippen LogP contribution in [0.2, 0.25) is 0 Å². The van der Waals surface area contributed by atoms with E-state index in [1.54, 1.807) is 0 Å². The molecule has 80 valence electrons. The molecule has 0 unspecified atom stereocenters. The van der Waals surface area contributed by atoms with Crippen molar-refractivity contribution < 1.29 is 42.9 Å². The van der Waals surface area contributed by atoms with Crippen molar-refractivity contribution in [2.24, 2.45) is 0 Å². The third-order valence-corrected chi connectivity index (χ3v) is 0.996. The fourth-order valence-electron chi connectivity index (χ4n) is 0.289. The van der Waals surface area contributed by atoms with E-state index in [0.29, 0.717) is 0 Å². The van der Waals surface area contributed by atoms with Gasteiger partial charge in [-0.25, -0.2) is 0 Å². The molecule has 0 fully saturated rings. The summed E-state index contributed by atoms with van der Waals surface area (Å²) in [5.74, 6) is 0. The first-order chi connectivity index (χ1) is 4.83. The number of rotatable bonds is 4. The van der Waals surface area contributed by atoms with Crippen molar-refractivity contribution in [2.45, 2.75) is 39.5 Å². The molecule has 0 spiro atoms. The molecule has 0 atom stereocenters. The van der Waals surface area contributed by atoms with Gasteiger partial charge in [0.15, 0.2) is 0 Å². The maximum atomic E-state index is 9.53. The maximum Gasteiger partial charge on any atom is 4.00 e. The quantitative estimate of drug-likeness (QED) is 0.628. The fourth-order valence-corrected chi connectivity index (χ4v) is 0.289. The van der Waals surface area contributed by atoms with Gasteiger partial charge < -0.3 is 21.2 Å². The Morgan fingerprint density at radius 2 is 1.00 bits per heavy atom. The molecule has 0 radical (unpaired) electrons. The summed E-state index contributed by atoms with van der Waals surface area (Å²) in [5.41, 5.74) is 0. The van der Waals surface area contributed by atoms with Gasteiger partial charge in [0.2, 0.25) is 0 Å². The minimum absolute atomic E-state index is 0. The normalized spacial score (nSPS) is 6.46. The molecule has 0 bridgehead atoms. The number of unbranched alkanes of at least 4 members (excludes halogenated alkanes) is 2. The van der Waals surface area contributed by atoms with Crippen molar-refractivity contribution in [3.63, 3.8) is 0 Å². The van der Waals surface area contributed by atoms with Crippen molar-refractivity contribution in [2.75, 3.05) is 13.2 Å². The zero-order valence-electron chi connectivity index (χ0n) is 8.45. The van der Waals surface area contributed by atoms with Gasteiger partial charge in [0, 0.05) is 0 Å². The standard InChI is InChI=1S/2C4H9O.2H2O.Ti/c2*1-2-3-4-5;;;/h2*2-4H2,1H3;2*1H2;/q2*-1;;;+4/p-2. The first-order valence-corrected chi connectivity index (χ1v) is 3.99. The number of hydrogen-bond acceptors (Lipinski definition) is 4. The van der Waals surface area contributed by atoms with Crippen LogP contribution in [0, 0.1) is 0 Å². The minimum Gasteiger partial charge on any atom is -0.870 e. The van der Waals surface area contributed by atoms with Gasteiger partial charge in [0.25, 0.3) is 0 Å². The zero-order chi connectivity index (χ0) is 8.24. The molecular formula is C8H20O4Ti. The van der Waals surface area contributed by atoms with Crippen molar-refractivity contribution in [3.8, 4) is 0 Å². The zero-order valence-corrected chi connectivity index (χ0v) is 10.0. The molecule has 0 aliphatic rings. The van der Waals surface area contributed by atoms with Gasteiger partial charge in [-0.3, -0.25) is 0 Å². The Hall–Kier alpha value is 0.554. The van der Waals surface area contributed by atoms with Crippen LogP contribution in [0.15, 0.2) is 0 Å². The molecule has 5 heteroatoms. The van der Waals surface area contributed by atoms with Crippen molar-refractivity contribution in [1.29, 1.82) is 0 Å². The molecule has 0 aromatic heterocycles. The van der Waals surface area contributed by atoms with Crippen LogP contribution in [0.25, 0.3) is 0 Å². The topological polar surface area (TPSA) is 106 Å². The van der Waals surface area contributed by atoms with Crippen LogP contribution in [0.4, 0.5) is 0 Å². The van der Waals surface area contributed by atoms with Gasteiger partial charge in [-0.1, -0.05) is 39.5 Å². The van der Waals surface area contributed by atoms with Crippen molar-refractivity contribution in [1.82, 2.24) is 0 Å². The second kappa shape index (κ2) is 39.0.